The molecule has 0 aromatic carbocycles. The van der Waals surface area contributed by atoms with Crippen LogP contribution in [0.3, 0.4) is 0 Å². The van der Waals surface area contributed by atoms with Gasteiger partial charge in [-0.15, -0.1) is 10.1 Å². The molecule has 6 heavy (non-hydrogen) atoms. The van der Waals surface area contributed by atoms with Crippen LogP contribution in [-0.4, -0.2) is 105 Å². The Labute approximate surface area is 118 Å². The van der Waals surface area contributed by atoms with Crippen LogP contribution in [0.5, 0.6) is 0 Å². The summed E-state index contributed by atoms with van der Waals surface area (Å²) in [6.07, 6.45) is 0. The van der Waals surface area contributed by atoms with Gasteiger partial charge in [0.15, 0.2) is 0 Å². The Morgan fingerprint density at radius 3 is 1.83 bits per heavy atom. The molecule has 4 nitrogen and oxygen atoms in total. The molecule has 0 amide bonds. The minimum atomic E-state index is -1.50. The van der Waals surface area contributed by atoms with Crippen molar-refractivity contribution in [2.24, 2.45) is 0 Å². The molecule has 0 aliphatic carbocycles. The van der Waals surface area contributed by atoms with Crippen LogP contribution in [0.2, 0.25) is 0 Å². The molecule has 0 heterocycles. The van der Waals surface area contributed by atoms with Crippen molar-refractivity contribution in [3.05, 3.63) is 10.1 Å². The van der Waals surface area contributed by atoms with Crippen LogP contribution in [-0.2, 0) is 0 Å². The van der Waals surface area contributed by atoms with Gasteiger partial charge in [-0.05, 0) is 0 Å². The molecule has 0 saturated heterocycles. The van der Waals surface area contributed by atoms with Crippen molar-refractivity contribution in [3.8, 4) is 0 Å². The summed E-state index contributed by atoms with van der Waals surface area (Å²) in [5.41, 5.74) is 0. The zero-order valence-electron chi connectivity index (χ0n) is 7.13. The maximum absolute atomic E-state index is 8.36. The molecule has 32 valence electrons. The van der Waals surface area contributed by atoms with E-state index in [4.69, 9.17) is 15.3 Å². The first-order valence-electron chi connectivity index (χ1n) is 0.565. The van der Waals surface area contributed by atoms with Gasteiger partial charge in [-0.3, -0.25) is 0 Å². The van der Waals surface area contributed by atoms with Gasteiger partial charge in [0.05, 0.1) is 0 Å². The first-order valence-corrected chi connectivity index (χ1v) is 0.565. The van der Waals surface area contributed by atoms with Gasteiger partial charge in [0.2, 0.25) is 0 Å². The molecule has 0 fully saturated rings. The van der Waals surface area contributed by atoms with E-state index in [1.807, 2.05) is 0 Å². The van der Waals surface area contributed by atoms with Crippen LogP contribution in [0.1, 0.15) is 5.71 Å². The Morgan fingerprint density at radius 2 is 1.83 bits per heavy atom. The van der Waals surface area contributed by atoms with Crippen molar-refractivity contribution in [1.29, 1.82) is 0 Å². The molecule has 0 atom stereocenters. The molecule has 0 radical (unpaired) electrons. The van der Waals surface area contributed by atoms with Gasteiger partial charge in [-0.2, -0.15) is 0 Å². The van der Waals surface area contributed by atoms with Crippen molar-refractivity contribution in [2.75, 3.05) is 0 Å². The fourth-order valence-electron chi connectivity index (χ4n) is 0. The second-order valence-corrected chi connectivity index (χ2v) is 0.238. The van der Waals surface area contributed by atoms with Crippen molar-refractivity contribution in [1.82, 2.24) is 0 Å². The van der Waals surface area contributed by atoms with Crippen LogP contribution in [0, 0.1) is 10.1 Å². The first kappa shape index (κ1) is 15.7. The first-order chi connectivity index (χ1) is 1.73. The summed E-state index contributed by atoms with van der Waals surface area (Å²) in [6.45, 7) is 0. The van der Waals surface area contributed by atoms with E-state index in [0.717, 1.165) is 0 Å². The van der Waals surface area contributed by atoms with Crippen molar-refractivity contribution in [3.63, 3.8) is 0 Å². The molecular formula is H5BaNO3Sr. The zero-order chi connectivity index (χ0) is 3.58. The monoisotopic (exact) mass is 293 g/mol. The van der Waals surface area contributed by atoms with E-state index in [-0.39, 0.29) is 100 Å². The Morgan fingerprint density at radius 1 is 1.83 bits per heavy atom. The summed E-state index contributed by atoms with van der Waals surface area (Å²) in [5, 5.41) is 13.6. The average molecular weight is 292 g/mol. The van der Waals surface area contributed by atoms with Crippen LogP contribution >= 0.6 is 0 Å². The molecule has 0 bridgehead atoms. The van der Waals surface area contributed by atoms with Gasteiger partial charge >= 0.3 is 94.4 Å². The Kier molecular flexibility index (Phi) is 26.9. The van der Waals surface area contributed by atoms with Crippen molar-refractivity contribution < 1.29 is 16.0 Å². The van der Waals surface area contributed by atoms with E-state index in [2.05, 4.69) is 0 Å². The summed E-state index contributed by atoms with van der Waals surface area (Å²) in [7, 11) is 0. The fourth-order valence-corrected chi connectivity index (χ4v) is 0. The SMILES string of the molecule is O=[N+]([O-])O.[Ba+2].[H-].[H-].[H-].[H-].[Sr+2]. The number of nitrogens with zero attached hydrogens (tertiary/aromatic N) is 1. The van der Waals surface area contributed by atoms with Crippen molar-refractivity contribution >= 4 is 94.4 Å². The van der Waals surface area contributed by atoms with Gasteiger partial charge in [-0.25, -0.2) is 0 Å². The summed E-state index contributed by atoms with van der Waals surface area (Å²) >= 11 is 0. The van der Waals surface area contributed by atoms with E-state index in [1.165, 1.54) is 0 Å². The van der Waals surface area contributed by atoms with Gasteiger partial charge in [0, 0.05) is 0 Å². The second-order valence-electron chi connectivity index (χ2n) is 0.238. The van der Waals surface area contributed by atoms with Crippen molar-refractivity contribution in [2.45, 2.75) is 0 Å². The third-order valence-corrected chi connectivity index (χ3v) is 0. The van der Waals surface area contributed by atoms with E-state index in [9.17, 15) is 0 Å². The van der Waals surface area contributed by atoms with Gasteiger partial charge in [0.25, 0.3) is 5.09 Å². The van der Waals surface area contributed by atoms with E-state index in [1.54, 1.807) is 0 Å². The predicted octanol–water partition coefficient (Wildman–Crippen LogP) is -0.659. The van der Waals surface area contributed by atoms with E-state index >= 15 is 0 Å². The summed E-state index contributed by atoms with van der Waals surface area (Å²) in [5.74, 6) is 0. The third kappa shape index (κ3) is 34.0. The molecule has 0 unspecified atom stereocenters. The minimum Gasteiger partial charge on any atom is -1.00 e. The summed E-state index contributed by atoms with van der Waals surface area (Å²) < 4.78 is 0. The average Bonchev–Trinajstić information content (AvgIpc) is 0.811. The smallest absolute Gasteiger partial charge is 1.00 e. The summed E-state index contributed by atoms with van der Waals surface area (Å²) in [4.78, 5) is 8.36. The molecular weight excluding hydrogens is 287 g/mol. The standard InChI is InChI=1S/Ba.HNO3.Sr.4H/c;2-1(3)4;;;;;/h;(H,2,3,4);;;;;/q+2;;+2;4*-1. The van der Waals surface area contributed by atoms with Gasteiger partial charge in [0.1, 0.15) is 0 Å². The molecule has 0 aliphatic heterocycles. The molecule has 0 rings (SSSR count). The Hall–Kier alpha value is 2.25. The second kappa shape index (κ2) is 10.3. The fraction of sp³-hybridized carbons (Fsp3) is 0. The number of rotatable bonds is 0. The quantitative estimate of drug-likeness (QED) is 0.366. The van der Waals surface area contributed by atoms with Crippen LogP contribution in [0.25, 0.3) is 0 Å². The van der Waals surface area contributed by atoms with Crippen LogP contribution in [0.4, 0.5) is 0 Å². The Bertz CT molecular complexity index is 43.5. The number of hydrogen-bond donors (Lipinski definition) is 1. The normalized spacial score (nSPS) is 4.00. The predicted molar refractivity (Wildman–Crippen MR) is 24.7 cm³/mol. The van der Waals surface area contributed by atoms with Gasteiger partial charge in [-0.1, -0.05) is 0 Å². The molecule has 0 aromatic rings. The maximum atomic E-state index is 8.36. The van der Waals surface area contributed by atoms with Crippen LogP contribution in [0.15, 0.2) is 0 Å². The zero-order valence-corrected chi connectivity index (χ0v) is 11.0. The summed E-state index contributed by atoms with van der Waals surface area (Å²) in [6, 6.07) is 0. The molecule has 1 N–H and O–H groups in total. The topological polar surface area (TPSA) is 63.4 Å². The molecule has 0 aliphatic rings. The maximum Gasteiger partial charge on any atom is 2.00 e. The molecule has 0 aromatic heterocycles. The van der Waals surface area contributed by atoms with Gasteiger partial charge < -0.3 is 10.9 Å². The Balaban J connectivity index is -0.00000000300. The largest absolute Gasteiger partial charge is 2.00 e. The molecule has 0 saturated carbocycles. The third-order valence-electron chi connectivity index (χ3n) is 0. The van der Waals surface area contributed by atoms with E-state index < -0.39 is 5.09 Å². The minimum absolute atomic E-state index is 0. The van der Waals surface area contributed by atoms with E-state index in [0.29, 0.717) is 0 Å². The molecule has 6 heteroatoms. The molecule has 0 spiro atoms. The van der Waals surface area contributed by atoms with Crippen LogP contribution < -0.4 is 0 Å². The number of hydrogen-bond acceptors (Lipinski definition) is 2.